The van der Waals surface area contributed by atoms with Gasteiger partial charge >= 0.3 is 0 Å². The first-order valence-electron chi connectivity index (χ1n) is 7.78. The molecule has 5 nitrogen and oxygen atoms in total. The minimum Gasteiger partial charge on any atom is -0.380 e. The van der Waals surface area contributed by atoms with Crippen LogP contribution in [0.15, 0.2) is 24.4 Å². The molecule has 0 saturated carbocycles. The molecule has 114 valence electrons. The lowest BCUT2D eigenvalue weighted by molar-refractivity contribution is 0.152. The standard InChI is InChI=1S/C16H24N4O/c1-13(2)17-12-14-16(19-7-5-10-21-11-9-19)18-15-6-3-4-8-20(14)15/h3-4,6,8,13,17H,5,7,9-12H2,1-2H3. The van der Waals surface area contributed by atoms with Gasteiger partial charge in [-0.15, -0.1) is 0 Å². The lowest BCUT2D eigenvalue weighted by Gasteiger charge is -2.21. The zero-order valence-corrected chi connectivity index (χ0v) is 12.9. The van der Waals surface area contributed by atoms with Crippen LogP contribution in [0.2, 0.25) is 0 Å². The number of aromatic nitrogens is 2. The van der Waals surface area contributed by atoms with Crippen molar-refractivity contribution in [1.29, 1.82) is 0 Å². The summed E-state index contributed by atoms with van der Waals surface area (Å²) in [6, 6.07) is 6.62. The molecule has 0 radical (unpaired) electrons. The van der Waals surface area contributed by atoms with Gasteiger partial charge in [0, 0.05) is 38.5 Å². The van der Waals surface area contributed by atoms with Crippen molar-refractivity contribution < 1.29 is 4.74 Å². The maximum Gasteiger partial charge on any atom is 0.152 e. The highest BCUT2D eigenvalue weighted by Crippen LogP contribution is 2.23. The molecule has 0 aliphatic carbocycles. The Balaban J connectivity index is 1.96. The number of anilines is 1. The largest absolute Gasteiger partial charge is 0.380 e. The van der Waals surface area contributed by atoms with Gasteiger partial charge in [0.1, 0.15) is 5.65 Å². The van der Waals surface area contributed by atoms with Crippen LogP contribution in [0.3, 0.4) is 0 Å². The Kier molecular flexibility index (Phi) is 4.41. The van der Waals surface area contributed by atoms with Crippen LogP contribution in [0.25, 0.3) is 5.65 Å². The molecule has 2 aromatic heterocycles. The van der Waals surface area contributed by atoms with E-state index in [1.807, 2.05) is 6.07 Å². The molecule has 0 amide bonds. The summed E-state index contributed by atoms with van der Waals surface area (Å²) in [5.74, 6) is 1.10. The normalized spacial score (nSPS) is 16.6. The second kappa shape index (κ2) is 6.45. The van der Waals surface area contributed by atoms with E-state index >= 15 is 0 Å². The molecule has 1 aliphatic heterocycles. The van der Waals surface area contributed by atoms with Gasteiger partial charge in [-0.3, -0.25) is 0 Å². The molecule has 1 aliphatic rings. The van der Waals surface area contributed by atoms with Crippen LogP contribution in [0.1, 0.15) is 26.0 Å². The van der Waals surface area contributed by atoms with Crippen molar-refractivity contribution in [3.8, 4) is 0 Å². The Morgan fingerprint density at radius 2 is 2.19 bits per heavy atom. The van der Waals surface area contributed by atoms with E-state index in [9.17, 15) is 0 Å². The highest BCUT2D eigenvalue weighted by atomic mass is 16.5. The number of hydrogen-bond donors (Lipinski definition) is 1. The van der Waals surface area contributed by atoms with Gasteiger partial charge in [-0.2, -0.15) is 0 Å². The summed E-state index contributed by atoms with van der Waals surface area (Å²) in [6.45, 7) is 8.73. The minimum absolute atomic E-state index is 0.458. The number of pyridine rings is 1. The fraction of sp³-hybridized carbons (Fsp3) is 0.562. The van der Waals surface area contributed by atoms with E-state index in [0.29, 0.717) is 6.04 Å². The number of fused-ring (bicyclic) bond motifs is 1. The molecule has 1 fully saturated rings. The van der Waals surface area contributed by atoms with Gasteiger partial charge in [0.15, 0.2) is 5.82 Å². The summed E-state index contributed by atoms with van der Waals surface area (Å²) < 4.78 is 7.76. The fourth-order valence-corrected chi connectivity index (χ4v) is 2.71. The molecule has 1 N–H and O–H groups in total. The Morgan fingerprint density at radius 1 is 1.29 bits per heavy atom. The second-order valence-electron chi connectivity index (χ2n) is 5.80. The van der Waals surface area contributed by atoms with Gasteiger partial charge in [-0.1, -0.05) is 19.9 Å². The molecule has 3 rings (SSSR count). The van der Waals surface area contributed by atoms with Gasteiger partial charge in [0.25, 0.3) is 0 Å². The van der Waals surface area contributed by atoms with Gasteiger partial charge in [0.2, 0.25) is 0 Å². The summed E-state index contributed by atoms with van der Waals surface area (Å²) in [4.78, 5) is 7.21. The van der Waals surface area contributed by atoms with Crippen molar-refractivity contribution in [2.45, 2.75) is 32.9 Å². The van der Waals surface area contributed by atoms with E-state index in [2.05, 4.69) is 46.8 Å². The van der Waals surface area contributed by atoms with Crippen LogP contribution in [0, 0.1) is 0 Å². The first kappa shape index (κ1) is 14.4. The molecule has 0 bridgehead atoms. The number of rotatable bonds is 4. The molecule has 5 heteroatoms. The number of ether oxygens (including phenoxy) is 1. The van der Waals surface area contributed by atoms with Crippen LogP contribution in [0.5, 0.6) is 0 Å². The average molecular weight is 288 g/mol. The smallest absolute Gasteiger partial charge is 0.152 e. The van der Waals surface area contributed by atoms with Crippen LogP contribution >= 0.6 is 0 Å². The fourth-order valence-electron chi connectivity index (χ4n) is 2.71. The molecule has 2 aromatic rings. The molecule has 1 saturated heterocycles. The monoisotopic (exact) mass is 288 g/mol. The topological polar surface area (TPSA) is 41.8 Å². The summed E-state index contributed by atoms with van der Waals surface area (Å²) in [6.07, 6.45) is 3.16. The van der Waals surface area contributed by atoms with E-state index in [1.165, 1.54) is 5.69 Å². The first-order chi connectivity index (χ1) is 10.3. The molecule has 0 aromatic carbocycles. The van der Waals surface area contributed by atoms with E-state index in [-0.39, 0.29) is 0 Å². The van der Waals surface area contributed by atoms with Crippen LogP contribution in [-0.2, 0) is 11.3 Å². The highest BCUT2D eigenvalue weighted by Gasteiger charge is 2.19. The zero-order chi connectivity index (χ0) is 14.7. The number of imidazole rings is 1. The summed E-state index contributed by atoms with van der Waals surface area (Å²) in [7, 11) is 0. The van der Waals surface area contributed by atoms with Crippen LogP contribution < -0.4 is 10.2 Å². The van der Waals surface area contributed by atoms with Gasteiger partial charge in [-0.25, -0.2) is 4.98 Å². The Labute approximate surface area is 125 Å². The Morgan fingerprint density at radius 3 is 3.05 bits per heavy atom. The van der Waals surface area contributed by atoms with Gasteiger partial charge < -0.3 is 19.4 Å². The van der Waals surface area contributed by atoms with Crippen LogP contribution in [0.4, 0.5) is 5.82 Å². The SMILES string of the molecule is CC(C)NCc1c(N2CCCOCC2)nc2ccccn12. The van der Waals surface area contributed by atoms with Crippen molar-refractivity contribution in [3.63, 3.8) is 0 Å². The number of nitrogens with one attached hydrogen (secondary N) is 1. The first-order valence-corrected chi connectivity index (χ1v) is 7.78. The molecular formula is C16H24N4O. The van der Waals surface area contributed by atoms with E-state index < -0.39 is 0 Å². The summed E-state index contributed by atoms with van der Waals surface area (Å²) in [5.41, 5.74) is 2.25. The molecule has 0 spiro atoms. The molecular weight excluding hydrogens is 264 g/mol. The number of hydrogen-bond acceptors (Lipinski definition) is 4. The third-order valence-electron chi connectivity index (χ3n) is 3.81. The lowest BCUT2D eigenvalue weighted by atomic mass is 10.3. The number of nitrogens with zero attached hydrogens (tertiary/aromatic N) is 3. The Bertz CT molecular complexity index is 585. The van der Waals surface area contributed by atoms with Crippen molar-refractivity contribution in [2.24, 2.45) is 0 Å². The second-order valence-corrected chi connectivity index (χ2v) is 5.80. The maximum absolute atomic E-state index is 5.57. The zero-order valence-electron chi connectivity index (χ0n) is 12.9. The molecule has 0 atom stereocenters. The summed E-state index contributed by atoms with van der Waals surface area (Å²) in [5, 5.41) is 3.52. The van der Waals surface area contributed by atoms with Crippen molar-refractivity contribution in [1.82, 2.24) is 14.7 Å². The maximum atomic E-state index is 5.57. The average Bonchev–Trinajstić information content (AvgIpc) is 2.66. The van der Waals surface area contributed by atoms with Gasteiger partial charge in [0.05, 0.1) is 12.3 Å². The van der Waals surface area contributed by atoms with Crippen molar-refractivity contribution in [2.75, 3.05) is 31.2 Å². The predicted octanol–water partition coefficient (Wildman–Crippen LogP) is 2.06. The van der Waals surface area contributed by atoms with Crippen molar-refractivity contribution >= 4 is 11.5 Å². The lowest BCUT2D eigenvalue weighted by Crippen LogP contribution is -2.29. The summed E-state index contributed by atoms with van der Waals surface area (Å²) >= 11 is 0. The quantitative estimate of drug-likeness (QED) is 0.935. The molecule has 0 unspecified atom stereocenters. The van der Waals surface area contributed by atoms with Crippen molar-refractivity contribution in [3.05, 3.63) is 30.1 Å². The van der Waals surface area contributed by atoms with Crippen LogP contribution in [-0.4, -0.2) is 41.7 Å². The van der Waals surface area contributed by atoms with E-state index in [1.54, 1.807) is 0 Å². The third kappa shape index (κ3) is 3.19. The third-order valence-corrected chi connectivity index (χ3v) is 3.81. The van der Waals surface area contributed by atoms with Gasteiger partial charge in [-0.05, 0) is 18.6 Å². The van der Waals surface area contributed by atoms with E-state index in [4.69, 9.17) is 9.72 Å². The van der Waals surface area contributed by atoms with E-state index in [0.717, 1.165) is 50.7 Å². The Hall–Kier alpha value is -1.59. The minimum atomic E-state index is 0.458. The highest BCUT2D eigenvalue weighted by molar-refractivity contribution is 5.56. The molecule has 21 heavy (non-hydrogen) atoms. The molecule has 3 heterocycles. The predicted molar refractivity (Wildman–Crippen MR) is 84.8 cm³/mol.